The molecule has 1 aromatic heterocycles. The van der Waals surface area contributed by atoms with Crippen LogP contribution in [-0.4, -0.2) is 46.4 Å². The SMILES string of the molecule is CC(C)(C)OC(=O)N1CCC(F)(c2ncc(/C=C/CO)cc2Cl)CC1. The zero-order valence-corrected chi connectivity index (χ0v) is 15.5. The molecule has 1 aromatic rings. The molecule has 1 aliphatic heterocycles. The molecule has 2 rings (SSSR count). The summed E-state index contributed by atoms with van der Waals surface area (Å²) in [5.41, 5.74) is -1.37. The molecule has 2 heterocycles. The van der Waals surface area contributed by atoms with Crippen LogP contribution in [0.25, 0.3) is 6.08 Å². The first-order valence-electron chi connectivity index (χ1n) is 8.25. The molecule has 0 aromatic carbocycles. The van der Waals surface area contributed by atoms with E-state index in [1.165, 1.54) is 11.1 Å². The van der Waals surface area contributed by atoms with Gasteiger partial charge in [-0.3, -0.25) is 4.98 Å². The topological polar surface area (TPSA) is 62.7 Å². The summed E-state index contributed by atoms with van der Waals surface area (Å²) in [4.78, 5) is 17.8. The number of hydrogen-bond donors (Lipinski definition) is 1. The lowest BCUT2D eigenvalue weighted by molar-refractivity contribution is 0.00129. The molecule has 0 bridgehead atoms. The molecule has 1 fully saturated rings. The van der Waals surface area contributed by atoms with E-state index in [9.17, 15) is 4.79 Å². The number of piperidine rings is 1. The number of pyridine rings is 1. The summed E-state index contributed by atoms with van der Waals surface area (Å²) in [5.74, 6) is 0. The van der Waals surface area contributed by atoms with Crippen molar-refractivity contribution in [3.63, 3.8) is 0 Å². The van der Waals surface area contributed by atoms with E-state index in [1.54, 1.807) is 39.0 Å². The average Bonchev–Trinajstić information content (AvgIpc) is 2.51. The Morgan fingerprint density at radius 2 is 2.12 bits per heavy atom. The van der Waals surface area contributed by atoms with Gasteiger partial charge in [0, 0.05) is 32.1 Å². The quantitative estimate of drug-likeness (QED) is 0.875. The van der Waals surface area contributed by atoms with Gasteiger partial charge in [0.1, 0.15) is 5.60 Å². The molecule has 0 saturated carbocycles. The minimum absolute atomic E-state index is 0.0904. The van der Waals surface area contributed by atoms with E-state index in [1.807, 2.05) is 0 Å². The van der Waals surface area contributed by atoms with Crippen molar-refractivity contribution in [3.8, 4) is 0 Å². The van der Waals surface area contributed by atoms with Gasteiger partial charge in [0.15, 0.2) is 5.67 Å². The Kier molecular flexibility index (Phi) is 6.06. The lowest BCUT2D eigenvalue weighted by atomic mass is 9.89. The molecule has 0 atom stereocenters. The predicted octanol–water partition coefficient (Wildman–Crippen LogP) is 3.94. The third-order valence-corrected chi connectivity index (χ3v) is 4.20. The lowest BCUT2D eigenvalue weighted by Crippen LogP contribution is -2.45. The van der Waals surface area contributed by atoms with Crippen LogP contribution < -0.4 is 0 Å². The van der Waals surface area contributed by atoms with Gasteiger partial charge in [-0.15, -0.1) is 0 Å². The largest absolute Gasteiger partial charge is 0.444 e. The van der Waals surface area contributed by atoms with E-state index in [-0.39, 0.29) is 43.3 Å². The third kappa shape index (κ3) is 5.16. The van der Waals surface area contributed by atoms with Gasteiger partial charge >= 0.3 is 6.09 Å². The second kappa shape index (κ2) is 7.70. The summed E-state index contributed by atoms with van der Waals surface area (Å²) in [7, 11) is 0. The summed E-state index contributed by atoms with van der Waals surface area (Å²) in [6.45, 7) is 5.79. The Hall–Kier alpha value is -1.66. The van der Waals surface area contributed by atoms with Gasteiger partial charge in [-0.05, 0) is 32.4 Å². The number of hydrogen-bond acceptors (Lipinski definition) is 4. The Morgan fingerprint density at radius 1 is 1.48 bits per heavy atom. The average molecular weight is 371 g/mol. The van der Waals surface area contributed by atoms with E-state index in [2.05, 4.69) is 4.98 Å². The summed E-state index contributed by atoms with van der Waals surface area (Å²) in [6.07, 6.45) is 4.54. The number of nitrogens with zero attached hydrogens (tertiary/aromatic N) is 2. The van der Waals surface area contributed by atoms with Crippen LogP contribution >= 0.6 is 11.6 Å². The molecule has 138 valence electrons. The Balaban J connectivity index is 2.07. The summed E-state index contributed by atoms with van der Waals surface area (Å²) < 4.78 is 20.7. The number of rotatable bonds is 3. The standard InChI is InChI=1S/C18H24ClFN2O3/c1-17(2,3)25-16(24)22-8-6-18(20,7-9-22)15-14(19)11-13(12-21-15)5-4-10-23/h4-5,11-12,23H,6-10H2,1-3H3/b5-4+. The van der Waals surface area contributed by atoms with Crippen molar-refractivity contribution in [1.82, 2.24) is 9.88 Å². The molecule has 25 heavy (non-hydrogen) atoms. The van der Waals surface area contributed by atoms with Crippen molar-refractivity contribution < 1.29 is 19.0 Å². The molecule has 5 nitrogen and oxygen atoms in total. The summed E-state index contributed by atoms with van der Waals surface area (Å²) in [5, 5.41) is 9.04. The number of ether oxygens (including phenoxy) is 1. The fourth-order valence-electron chi connectivity index (χ4n) is 2.67. The van der Waals surface area contributed by atoms with E-state index in [0.29, 0.717) is 5.56 Å². The Morgan fingerprint density at radius 3 is 2.64 bits per heavy atom. The van der Waals surface area contributed by atoms with Crippen molar-refractivity contribution in [3.05, 3.63) is 34.6 Å². The maximum atomic E-state index is 15.3. The van der Waals surface area contributed by atoms with Crippen molar-refractivity contribution in [2.45, 2.75) is 44.9 Å². The van der Waals surface area contributed by atoms with Crippen LogP contribution in [0.15, 0.2) is 18.3 Å². The zero-order chi connectivity index (χ0) is 18.7. The second-order valence-electron chi connectivity index (χ2n) is 7.12. The van der Waals surface area contributed by atoms with Crippen LogP contribution in [0.1, 0.15) is 44.9 Å². The van der Waals surface area contributed by atoms with Crippen LogP contribution in [0.4, 0.5) is 9.18 Å². The first kappa shape index (κ1) is 19.7. The molecule has 1 amide bonds. The summed E-state index contributed by atoms with van der Waals surface area (Å²) in [6, 6.07) is 1.62. The number of alkyl halides is 1. The predicted molar refractivity (Wildman–Crippen MR) is 95.2 cm³/mol. The molecule has 0 radical (unpaired) electrons. The van der Waals surface area contributed by atoms with Crippen LogP contribution in [0.5, 0.6) is 0 Å². The Bertz CT molecular complexity index is 650. The number of aliphatic hydroxyl groups excluding tert-OH is 1. The number of amides is 1. The first-order chi connectivity index (χ1) is 11.6. The second-order valence-corrected chi connectivity index (χ2v) is 7.52. The smallest absolute Gasteiger partial charge is 0.410 e. The van der Waals surface area contributed by atoms with Gasteiger partial charge in [-0.1, -0.05) is 23.8 Å². The zero-order valence-electron chi connectivity index (χ0n) is 14.8. The molecular formula is C18H24ClFN2O3. The van der Waals surface area contributed by atoms with Crippen LogP contribution in [-0.2, 0) is 10.4 Å². The normalized spacial score (nSPS) is 17.8. The van der Waals surface area contributed by atoms with Crippen molar-refractivity contribution in [2.75, 3.05) is 19.7 Å². The number of aliphatic hydroxyl groups is 1. The minimum atomic E-state index is -1.67. The van der Waals surface area contributed by atoms with E-state index in [0.717, 1.165) is 0 Å². The van der Waals surface area contributed by atoms with Crippen molar-refractivity contribution in [2.24, 2.45) is 0 Å². The van der Waals surface area contributed by atoms with E-state index >= 15 is 4.39 Å². The highest BCUT2D eigenvalue weighted by atomic mass is 35.5. The number of likely N-dealkylation sites (tertiary alicyclic amines) is 1. The maximum Gasteiger partial charge on any atom is 0.410 e. The molecule has 1 aliphatic rings. The number of aromatic nitrogens is 1. The number of carbonyl (C=O) groups excluding carboxylic acids is 1. The first-order valence-corrected chi connectivity index (χ1v) is 8.63. The van der Waals surface area contributed by atoms with E-state index < -0.39 is 17.4 Å². The number of halogens is 2. The molecule has 0 aliphatic carbocycles. The molecule has 0 unspecified atom stereocenters. The third-order valence-electron chi connectivity index (χ3n) is 3.91. The Labute approximate surface area is 152 Å². The number of carbonyl (C=O) groups is 1. The maximum absolute atomic E-state index is 15.3. The molecule has 7 heteroatoms. The highest BCUT2D eigenvalue weighted by Crippen LogP contribution is 2.39. The molecular weight excluding hydrogens is 347 g/mol. The van der Waals surface area contributed by atoms with Gasteiger partial charge in [0.2, 0.25) is 0 Å². The van der Waals surface area contributed by atoms with Crippen LogP contribution in [0, 0.1) is 0 Å². The van der Waals surface area contributed by atoms with Gasteiger partial charge in [-0.2, -0.15) is 0 Å². The van der Waals surface area contributed by atoms with Crippen LogP contribution in [0.2, 0.25) is 5.02 Å². The van der Waals surface area contributed by atoms with Crippen LogP contribution in [0.3, 0.4) is 0 Å². The monoisotopic (exact) mass is 370 g/mol. The minimum Gasteiger partial charge on any atom is -0.444 e. The van der Waals surface area contributed by atoms with Gasteiger partial charge < -0.3 is 14.7 Å². The van der Waals surface area contributed by atoms with Gasteiger partial charge in [-0.25, -0.2) is 9.18 Å². The summed E-state index contributed by atoms with van der Waals surface area (Å²) >= 11 is 6.21. The fraction of sp³-hybridized carbons (Fsp3) is 0.556. The fourth-order valence-corrected chi connectivity index (χ4v) is 3.01. The van der Waals surface area contributed by atoms with Gasteiger partial charge in [0.05, 0.1) is 17.3 Å². The van der Waals surface area contributed by atoms with Crippen molar-refractivity contribution >= 4 is 23.8 Å². The highest BCUT2D eigenvalue weighted by molar-refractivity contribution is 6.31. The lowest BCUT2D eigenvalue weighted by Gasteiger charge is -2.37. The van der Waals surface area contributed by atoms with E-state index in [4.69, 9.17) is 21.4 Å². The molecule has 1 N–H and O–H groups in total. The molecule has 1 saturated heterocycles. The molecule has 0 spiro atoms. The van der Waals surface area contributed by atoms with Gasteiger partial charge in [0.25, 0.3) is 0 Å². The highest BCUT2D eigenvalue weighted by Gasteiger charge is 2.41. The van der Waals surface area contributed by atoms with Crippen molar-refractivity contribution in [1.29, 1.82) is 0 Å².